The van der Waals surface area contributed by atoms with Crippen LogP contribution in [0.4, 0.5) is 23.7 Å². The van der Waals surface area contributed by atoms with E-state index in [1.807, 2.05) is 0 Å². The van der Waals surface area contributed by atoms with Crippen molar-refractivity contribution in [1.29, 1.82) is 0 Å². The number of benzene rings is 1. The van der Waals surface area contributed by atoms with Crippen molar-refractivity contribution in [3.63, 3.8) is 0 Å². The summed E-state index contributed by atoms with van der Waals surface area (Å²) < 4.78 is 39.1. The van der Waals surface area contributed by atoms with Gasteiger partial charge in [-0.2, -0.15) is 13.2 Å². The Morgan fingerprint density at radius 1 is 1.32 bits per heavy atom. The van der Waals surface area contributed by atoms with E-state index in [4.69, 9.17) is 0 Å². The lowest BCUT2D eigenvalue weighted by Crippen LogP contribution is -2.28. The fourth-order valence-corrected chi connectivity index (χ4v) is 1.11. The van der Waals surface area contributed by atoms with E-state index in [-0.39, 0.29) is 12.2 Å². The normalized spacial score (nSPS) is 10.9. The van der Waals surface area contributed by atoms with Crippen LogP contribution >= 0.6 is 0 Å². The van der Waals surface area contributed by atoms with Crippen molar-refractivity contribution in [3.05, 3.63) is 39.9 Å². The SMILES string of the molecule is O=C(NCc1ccc([N+](=O)[O-])cc1)OCC(F)(F)F. The van der Waals surface area contributed by atoms with Crippen LogP contribution in [0.3, 0.4) is 0 Å². The summed E-state index contributed by atoms with van der Waals surface area (Å²) in [5, 5.41) is 12.5. The van der Waals surface area contributed by atoms with Crippen LogP contribution in [-0.4, -0.2) is 23.8 Å². The number of carbonyl (C=O) groups is 1. The highest BCUT2D eigenvalue weighted by Crippen LogP contribution is 2.14. The summed E-state index contributed by atoms with van der Waals surface area (Å²) in [5.74, 6) is 0. The van der Waals surface area contributed by atoms with Crippen LogP contribution in [0, 0.1) is 10.1 Å². The van der Waals surface area contributed by atoms with Gasteiger partial charge >= 0.3 is 12.3 Å². The molecule has 0 aromatic heterocycles. The molecule has 0 bridgehead atoms. The van der Waals surface area contributed by atoms with E-state index in [1.165, 1.54) is 24.3 Å². The van der Waals surface area contributed by atoms with E-state index in [0.717, 1.165) is 0 Å². The molecule has 0 aliphatic rings. The molecule has 104 valence electrons. The Labute approximate surface area is 105 Å². The van der Waals surface area contributed by atoms with Crippen LogP contribution < -0.4 is 5.32 Å². The Morgan fingerprint density at radius 2 is 1.89 bits per heavy atom. The molecule has 1 amide bonds. The molecule has 1 aromatic carbocycles. The highest BCUT2D eigenvalue weighted by atomic mass is 19.4. The number of alkyl carbamates (subject to hydrolysis) is 1. The number of ether oxygens (including phenoxy) is 1. The summed E-state index contributed by atoms with van der Waals surface area (Å²) in [6.07, 6.45) is -5.79. The summed E-state index contributed by atoms with van der Waals surface area (Å²) in [4.78, 5) is 20.7. The number of non-ortho nitro benzene ring substituents is 1. The standard InChI is InChI=1S/C10H9F3N2O4/c11-10(12,13)6-19-9(16)14-5-7-1-3-8(4-2-7)15(17)18/h1-4H,5-6H2,(H,14,16). The van der Waals surface area contributed by atoms with Crippen molar-refractivity contribution in [1.82, 2.24) is 5.32 Å². The summed E-state index contributed by atoms with van der Waals surface area (Å²) in [6, 6.07) is 5.19. The molecule has 0 aliphatic heterocycles. The number of nitro benzene ring substituents is 1. The topological polar surface area (TPSA) is 81.5 Å². The van der Waals surface area contributed by atoms with Crippen molar-refractivity contribution >= 4 is 11.8 Å². The number of rotatable bonds is 4. The minimum Gasteiger partial charge on any atom is -0.440 e. The first-order chi connectivity index (χ1) is 8.78. The molecule has 0 heterocycles. The first-order valence-electron chi connectivity index (χ1n) is 4.98. The zero-order valence-corrected chi connectivity index (χ0v) is 9.44. The van der Waals surface area contributed by atoms with E-state index >= 15 is 0 Å². The molecule has 0 saturated heterocycles. The van der Waals surface area contributed by atoms with Gasteiger partial charge in [-0.05, 0) is 5.56 Å². The van der Waals surface area contributed by atoms with Crippen molar-refractivity contribution < 1.29 is 27.6 Å². The van der Waals surface area contributed by atoms with Gasteiger partial charge in [-0.3, -0.25) is 10.1 Å². The molecule has 0 spiro atoms. The third kappa shape index (κ3) is 5.70. The number of halogens is 3. The largest absolute Gasteiger partial charge is 0.440 e. The number of hydrogen-bond acceptors (Lipinski definition) is 4. The predicted octanol–water partition coefficient (Wildman–Crippen LogP) is 2.38. The van der Waals surface area contributed by atoms with Gasteiger partial charge in [0.15, 0.2) is 6.61 Å². The fraction of sp³-hybridized carbons (Fsp3) is 0.300. The second-order valence-corrected chi connectivity index (χ2v) is 3.47. The average Bonchev–Trinajstić information content (AvgIpc) is 2.33. The van der Waals surface area contributed by atoms with Gasteiger partial charge in [0, 0.05) is 18.7 Å². The quantitative estimate of drug-likeness (QED) is 0.677. The van der Waals surface area contributed by atoms with E-state index in [1.54, 1.807) is 0 Å². The first kappa shape index (κ1) is 14.7. The third-order valence-corrected chi connectivity index (χ3v) is 1.95. The van der Waals surface area contributed by atoms with Gasteiger partial charge in [0.05, 0.1) is 4.92 Å². The number of alkyl halides is 3. The summed E-state index contributed by atoms with van der Waals surface area (Å²) in [5.41, 5.74) is 0.373. The molecule has 0 unspecified atom stereocenters. The molecular weight excluding hydrogens is 269 g/mol. The zero-order chi connectivity index (χ0) is 14.5. The molecule has 0 radical (unpaired) electrons. The lowest BCUT2D eigenvalue weighted by molar-refractivity contribution is -0.384. The van der Waals surface area contributed by atoms with Crippen molar-refractivity contribution in [2.24, 2.45) is 0 Å². The maximum Gasteiger partial charge on any atom is 0.422 e. The van der Waals surface area contributed by atoms with Gasteiger partial charge in [0.1, 0.15) is 0 Å². The molecule has 0 saturated carbocycles. The van der Waals surface area contributed by atoms with E-state index in [0.29, 0.717) is 5.56 Å². The summed E-state index contributed by atoms with van der Waals surface area (Å²) in [6.45, 7) is -1.76. The maximum atomic E-state index is 11.7. The smallest absolute Gasteiger partial charge is 0.422 e. The molecular formula is C10H9F3N2O4. The van der Waals surface area contributed by atoms with Gasteiger partial charge in [-0.1, -0.05) is 12.1 Å². The first-order valence-corrected chi connectivity index (χ1v) is 4.98. The predicted molar refractivity (Wildman–Crippen MR) is 57.3 cm³/mol. The Kier molecular flexibility index (Phi) is 4.67. The maximum absolute atomic E-state index is 11.7. The second-order valence-electron chi connectivity index (χ2n) is 3.47. The van der Waals surface area contributed by atoms with Crippen LogP contribution in [-0.2, 0) is 11.3 Å². The van der Waals surface area contributed by atoms with Crippen molar-refractivity contribution in [2.75, 3.05) is 6.61 Å². The second kappa shape index (κ2) is 6.03. The van der Waals surface area contributed by atoms with E-state index < -0.39 is 23.8 Å². The van der Waals surface area contributed by atoms with Gasteiger partial charge in [0.25, 0.3) is 5.69 Å². The highest BCUT2D eigenvalue weighted by molar-refractivity contribution is 5.67. The molecule has 1 rings (SSSR count). The van der Waals surface area contributed by atoms with Crippen LogP contribution in [0.5, 0.6) is 0 Å². The number of nitro groups is 1. The minimum absolute atomic E-state index is 0.0886. The molecule has 1 N–H and O–H groups in total. The van der Waals surface area contributed by atoms with Crippen LogP contribution in [0.25, 0.3) is 0 Å². The van der Waals surface area contributed by atoms with Gasteiger partial charge in [0.2, 0.25) is 0 Å². The molecule has 0 fully saturated rings. The minimum atomic E-state index is -4.58. The molecule has 9 heteroatoms. The Hall–Kier alpha value is -2.32. The van der Waals surface area contributed by atoms with Gasteiger partial charge < -0.3 is 10.1 Å². The number of nitrogens with one attached hydrogen (secondary N) is 1. The van der Waals surface area contributed by atoms with Crippen LogP contribution in [0.15, 0.2) is 24.3 Å². The molecule has 0 atom stereocenters. The van der Waals surface area contributed by atoms with Gasteiger partial charge in [-0.15, -0.1) is 0 Å². The lowest BCUT2D eigenvalue weighted by atomic mass is 10.2. The van der Waals surface area contributed by atoms with Crippen LogP contribution in [0.2, 0.25) is 0 Å². The molecule has 0 aliphatic carbocycles. The van der Waals surface area contributed by atoms with E-state index in [9.17, 15) is 28.1 Å². The summed E-state index contributed by atoms with van der Waals surface area (Å²) >= 11 is 0. The average molecular weight is 278 g/mol. The monoisotopic (exact) mass is 278 g/mol. The Bertz CT molecular complexity index is 459. The Balaban J connectivity index is 2.40. The zero-order valence-electron chi connectivity index (χ0n) is 9.44. The number of amides is 1. The van der Waals surface area contributed by atoms with Crippen LogP contribution in [0.1, 0.15) is 5.56 Å². The fourth-order valence-electron chi connectivity index (χ4n) is 1.11. The highest BCUT2D eigenvalue weighted by Gasteiger charge is 2.29. The molecule has 19 heavy (non-hydrogen) atoms. The Morgan fingerprint density at radius 3 is 2.37 bits per heavy atom. The number of nitrogens with zero attached hydrogens (tertiary/aromatic N) is 1. The van der Waals surface area contributed by atoms with E-state index in [2.05, 4.69) is 10.1 Å². The molecule has 6 nitrogen and oxygen atoms in total. The molecule has 1 aromatic rings. The van der Waals surface area contributed by atoms with Crippen molar-refractivity contribution in [3.8, 4) is 0 Å². The third-order valence-electron chi connectivity index (χ3n) is 1.95. The number of carbonyl (C=O) groups excluding carboxylic acids is 1. The summed E-state index contributed by atoms with van der Waals surface area (Å²) in [7, 11) is 0. The van der Waals surface area contributed by atoms with Crippen molar-refractivity contribution in [2.45, 2.75) is 12.7 Å². The number of hydrogen-bond donors (Lipinski definition) is 1. The van der Waals surface area contributed by atoms with Gasteiger partial charge in [-0.25, -0.2) is 4.79 Å². The lowest BCUT2D eigenvalue weighted by Gasteiger charge is -2.08.